The molecule has 5 rings (SSSR count). The predicted molar refractivity (Wildman–Crippen MR) is 137 cm³/mol. The molecule has 0 unspecified atom stereocenters. The number of hydrogen-bond donors (Lipinski definition) is 1. The number of thioether (sulfide) groups is 1. The zero-order chi connectivity index (χ0) is 27.9. The Hall–Kier alpha value is -3.32. The molecule has 3 aromatic rings. The van der Waals surface area contributed by atoms with Crippen LogP contribution in [-0.2, 0) is 23.6 Å². The largest absolute Gasteiger partial charge is 0.416 e. The van der Waals surface area contributed by atoms with Crippen molar-refractivity contribution < 1.29 is 31.1 Å². The minimum Gasteiger partial charge on any atom is -0.348 e. The summed E-state index contributed by atoms with van der Waals surface area (Å²) in [6.45, 7) is 5.82. The van der Waals surface area contributed by atoms with Gasteiger partial charge in [0.2, 0.25) is 0 Å². The van der Waals surface area contributed by atoms with Gasteiger partial charge in [-0.2, -0.15) is 36.4 Å². The van der Waals surface area contributed by atoms with Crippen LogP contribution < -0.4 is 0 Å². The Morgan fingerprint density at radius 1 is 1.00 bits per heavy atom. The molecule has 0 aliphatic carbocycles. The molecule has 0 atom stereocenters. The third-order valence-corrected chi connectivity index (χ3v) is 8.00. The zero-order valence-electron chi connectivity index (χ0n) is 20.7. The van der Waals surface area contributed by atoms with E-state index in [9.17, 15) is 31.1 Å². The van der Waals surface area contributed by atoms with E-state index in [0.717, 1.165) is 37.5 Å². The first-order chi connectivity index (χ1) is 18.4. The van der Waals surface area contributed by atoms with Crippen LogP contribution in [-0.4, -0.2) is 63.8 Å². The summed E-state index contributed by atoms with van der Waals surface area (Å²) in [6, 6.07) is 6.60. The van der Waals surface area contributed by atoms with Crippen molar-refractivity contribution in [1.29, 1.82) is 0 Å². The Kier molecular flexibility index (Phi) is 7.23. The molecule has 0 radical (unpaired) electrons. The van der Waals surface area contributed by atoms with E-state index in [0.29, 0.717) is 40.8 Å². The second kappa shape index (κ2) is 10.3. The summed E-state index contributed by atoms with van der Waals surface area (Å²) >= 11 is 1.09. The molecule has 2 aromatic carbocycles. The number of amides is 1. The summed E-state index contributed by atoms with van der Waals surface area (Å²) in [7, 11) is 0. The number of carbonyl (C=O) groups excluding carboxylic acids is 1. The highest BCUT2D eigenvalue weighted by Gasteiger charge is 2.39. The Bertz CT molecular complexity index is 1470. The van der Waals surface area contributed by atoms with Crippen LogP contribution >= 0.6 is 11.8 Å². The SMILES string of the molecule is CCN1CCN(C2=NC(=O)C(=C(Cc3ccc(C(F)(F)F)cc3C(F)(F)F)c3ccc4[nH]ncc4c3)S2)CC1. The van der Waals surface area contributed by atoms with Crippen molar-refractivity contribution in [1.82, 2.24) is 20.0 Å². The van der Waals surface area contributed by atoms with Crippen molar-refractivity contribution >= 4 is 39.3 Å². The van der Waals surface area contributed by atoms with Gasteiger partial charge in [0.25, 0.3) is 5.91 Å². The summed E-state index contributed by atoms with van der Waals surface area (Å²) in [4.78, 5) is 21.7. The molecule has 1 fully saturated rings. The average molecular weight is 568 g/mol. The van der Waals surface area contributed by atoms with Gasteiger partial charge in [-0.25, -0.2) is 0 Å². The highest BCUT2D eigenvalue weighted by atomic mass is 32.2. The molecule has 2 aliphatic rings. The fraction of sp³-hybridized carbons (Fsp3) is 0.346. The molecule has 206 valence electrons. The summed E-state index contributed by atoms with van der Waals surface area (Å²) in [5.74, 6) is -0.587. The Balaban J connectivity index is 1.57. The van der Waals surface area contributed by atoms with Gasteiger partial charge >= 0.3 is 12.4 Å². The van der Waals surface area contributed by atoms with Gasteiger partial charge in [0.05, 0.1) is 27.7 Å². The standard InChI is InChI=1S/C26H23F6N5OS/c1-2-36-7-9-37(10-8-36)24-34-23(38)22(39-24)19(15-4-6-21-17(11-15)14-33-35-21)12-16-3-5-18(25(27,28)29)13-20(16)26(30,31)32/h3-6,11,13-14H,2,7-10,12H2,1H3,(H,33,35). The molecular formula is C26H23F6N5OS. The highest BCUT2D eigenvalue weighted by Crippen LogP contribution is 2.42. The van der Waals surface area contributed by atoms with E-state index >= 15 is 0 Å². The van der Waals surface area contributed by atoms with Gasteiger partial charge in [0, 0.05) is 31.6 Å². The summed E-state index contributed by atoms with van der Waals surface area (Å²) < 4.78 is 81.6. The summed E-state index contributed by atoms with van der Waals surface area (Å²) in [5.41, 5.74) is -1.76. The summed E-state index contributed by atoms with van der Waals surface area (Å²) in [6.07, 6.45) is -8.85. The quantitative estimate of drug-likeness (QED) is 0.318. The second-order valence-corrected chi connectivity index (χ2v) is 10.2. The summed E-state index contributed by atoms with van der Waals surface area (Å²) in [5, 5.41) is 7.89. The number of halogens is 6. The second-order valence-electron chi connectivity index (χ2n) is 9.25. The molecule has 2 aliphatic heterocycles. The first-order valence-electron chi connectivity index (χ1n) is 12.2. The number of nitrogens with zero attached hydrogens (tertiary/aromatic N) is 4. The molecule has 1 aromatic heterocycles. The number of fused-ring (bicyclic) bond motifs is 1. The molecule has 39 heavy (non-hydrogen) atoms. The molecule has 1 N–H and O–H groups in total. The molecule has 0 saturated carbocycles. The average Bonchev–Trinajstić information content (AvgIpc) is 3.52. The Morgan fingerprint density at radius 3 is 2.41 bits per heavy atom. The molecule has 1 saturated heterocycles. The molecule has 6 nitrogen and oxygen atoms in total. The lowest BCUT2D eigenvalue weighted by atomic mass is 9.92. The maximum absolute atomic E-state index is 14.0. The number of carbonyl (C=O) groups is 1. The molecule has 1 amide bonds. The number of likely N-dealkylation sites (N-methyl/N-ethyl adjacent to an activating group) is 1. The minimum atomic E-state index is -5.03. The lowest BCUT2D eigenvalue weighted by Crippen LogP contribution is -2.47. The monoisotopic (exact) mass is 567 g/mol. The predicted octanol–water partition coefficient (Wildman–Crippen LogP) is 5.82. The van der Waals surface area contributed by atoms with Gasteiger partial charge in [-0.3, -0.25) is 9.89 Å². The van der Waals surface area contributed by atoms with Gasteiger partial charge < -0.3 is 9.80 Å². The fourth-order valence-electron chi connectivity index (χ4n) is 4.68. The highest BCUT2D eigenvalue weighted by molar-refractivity contribution is 8.18. The number of aromatic nitrogens is 2. The number of benzene rings is 2. The number of nitrogens with one attached hydrogen (secondary N) is 1. The number of H-pyrrole nitrogens is 1. The number of alkyl halides is 6. The van der Waals surface area contributed by atoms with E-state index in [1.165, 1.54) is 0 Å². The van der Waals surface area contributed by atoms with E-state index in [4.69, 9.17) is 0 Å². The van der Waals surface area contributed by atoms with Crippen molar-refractivity contribution in [2.75, 3.05) is 32.7 Å². The normalized spacial score (nSPS) is 18.7. The number of aliphatic imine (C=N–C) groups is 1. The number of amidine groups is 1. The van der Waals surface area contributed by atoms with Crippen LogP contribution in [0.25, 0.3) is 16.5 Å². The molecule has 0 bridgehead atoms. The van der Waals surface area contributed by atoms with Gasteiger partial charge in [0.1, 0.15) is 0 Å². The van der Waals surface area contributed by atoms with E-state index in [1.807, 2.05) is 4.90 Å². The first-order valence-corrected chi connectivity index (χ1v) is 13.0. The maximum atomic E-state index is 14.0. The lowest BCUT2D eigenvalue weighted by Gasteiger charge is -2.34. The van der Waals surface area contributed by atoms with Crippen LogP contribution in [0.2, 0.25) is 0 Å². The zero-order valence-corrected chi connectivity index (χ0v) is 21.5. The third kappa shape index (κ3) is 5.69. The smallest absolute Gasteiger partial charge is 0.348 e. The number of piperazine rings is 1. The van der Waals surface area contributed by atoms with Gasteiger partial charge in [0.15, 0.2) is 5.17 Å². The molecular weight excluding hydrogens is 544 g/mol. The van der Waals surface area contributed by atoms with Crippen molar-refractivity contribution in [3.63, 3.8) is 0 Å². The van der Waals surface area contributed by atoms with Crippen LogP contribution in [0.15, 0.2) is 52.5 Å². The van der Waals surface area contributed by atoms with Crippen LogP contribution in [0.5, 0.6) is 0 Å². The van der Waals surface area contributed by atoms with E-state index in [1.54, 1.807) is 24.4 Å². The topological polar surface area (TPSA) is 64.6 Å². The van der Waals surface area contributed by atoms with Crippen molar-refractivity contribution in [3.05, 3.63) is 69.8 Å². The maximum Gasteiger partial charge on any atom is 0.416 e. The third-order valence-electron chi connectivity index (χ3n) is 6.85. The Morgan fingerprint density at radius 2 is 1.74 bits per heavy atom. The minimum absolute atomic E-state index is 0.121. The molecule has 13 heteroatoms. The Labute approximate surface area is 223 Å². The van der Waals surface area contributed by atoms with Gasteiger partial charge in [-0.1, -0.05) is 19.1 Å². The van der Waals surface area contributed by atoms with Gasteiger partial charge in [-0.15, -0.1) is 0 Å². The van der Waals surface area contributed by atoms with E-state index in [2.05, 4.69) is 27.0 Å². The van der Waals surface area contributed by atoms with Crippen molar-refractivity contribution in [3.8, 4) is 0 Å². The lowest BCUT2D eigenvalue weighted by molar-refractivity contribution is -0.143. The van der Waals surface area contributed by atoms with Crippen molar-refractivity contribution in [2.24, 2.45) is 4.99 Å². The van der Waals surface area contributed by atoms with Crippen LogP contribution in [0.1, 0.15) is 29.2 Å². The van der Waals surface area contributed by atoms with Crippen LogP contribution in [0.3, 0.4) is 0 Å². The number of rotatable bonds is 4. The molecule has 3 heterocycles. The van der Waals surface area contributed by atoms with Crippen LogP contribution in [0.4, 0.5) is 26.3 Å². The van der Waals surface area contributed by atoms with E-state index in [-0.39, 0.29) is 22.1 Å². The van der Waals surface area contributed by atoms with Crippen molar-refractivity contribution in [2.45, 2.75) is 25.7 Å². The van der Waals surface area contributed by atoms with Crippen LogP contribution in [0, 0.1) is 0 Å². The fourth-order valence-corrected chi connectivity index (χ4v) is 5.75. The number of allylic oxidation sites excluding steroid dienone is 1. The number of aromatic amines is 1. The van der Waals surface area contributed by atoms with Gasteiger partial charge in [-0.05, 0) is 65.7 Å². The molecule has 0 spiro atoms. The number of hydrogen-bond acceptors (Lipinski definition) is 5. The first kappa shape index (κ1) is 27.3. The van der Waals surface area contributed by atoms with E-state index < -0.39 is 35.8 Å².